The summed E-state index contributed by atoms with van der Waals surface area (Å²) in [5, 5.41) is 0. The molecule has 4 aliphatic rings. The molecule has 0 N–H and O–H groups in total. The predicted molar refractivity (Wildman–Crippen MR) is 260 cm³/mol. The molecule has 1 nitrogen and oxygen atoms in total. The van der Waals surface area contributed by atoms with E-state index in [4.69, 9.17) is 0 Å². The van der Waals surface area contributed by atoms with Gasteiger partial charge in [-0.15, -0.1) is 0 Å². The second-order valence-corrected chi connectivity index (χ2v) is 18.6. The van der Waals surface area contributed by atoms with Gasteiger partial charge in [0.2, 0.25) is 0 Å². The van der Waals surface area contributed by atoms with Crippen LogP contribution < -0.4 is 4.90 Å². The molecule has 1 heteroatoms. The Hall–Kier alpha value is -6.96. The lowest BCUT2D eigenvalue weighted by molar-refractivity contribution is 0.660. The molecule has 0 radical (unpaired) electrons. The molecule has 0 bridgehead atoms. The molecule has 8 aromatic carbocycles. The van der Waals surface area contributed by atoms with Gasteiger partial charge in [-0.05, 0) is 109 Å². The van der Waals surface area contributed by atoms with Crippen molar-refractivity contribution < 1.29 is 0 Å². The molecular weight excluding hydrogens is 747 g/mol. The average Bonchev–Trinajstić information content (AvgIpc) is 3.86. The lowest BCUT2D eigenvalue weighted by Gasteiger charge is -2.37. The molecule has 0 saturated heterocycles. The van der Waals surface area contributed by atoms with Crippen molar-refractivity contribution >= 4 is 17.1 Å². The summed E-state index contributed by atoms with van der Waals surface area (Å²) < 4.78 is 0. The maximum Gasteiger partial charge on any atom is 0.0711 e. The second-order valence-electron chi connectivity index (χ2n) is 18.6. The number of anilines is 3. The molecule has 1 atom stereocenters. The summed E-state index contributed by atoms with van der Waals surface area (Å²) in [6.45, 7) is 9.60. The summed E-state index contributed by atoms with van der Waals surface area (Å²) in [4.78, 5) is 2.65. The summed E-state index contributed by atoms with van der Waals surface area (Å²) in [7, 11) is 0. The minimum absolute atomic E-state index is 0.112. The minimum Gasteiger partial charge on any atom is -0.309 e. The fourth-order valence-electron chi connectivity index (χ4n) is 12.1. The van der Waals surface area contributed by atoms with Crippen LogP contribution in [0.2, 0.25) is 0 Å². The SMILES string of the molecule is CC1(C)c2ccccc2-c2c(-c3ccccc3N(c3cccc4c3-c3ccccc3C4(C3=CCCC=C3)c3ccccc3)c3cccc4c3C(C)(C)c3ccccc3-4)cccc21. The maximum atomic E-state index is 2.65. The van der Waals surface area contributed by atoms with Gasteiger partial charge in [0, 0.05) is 22.0 Å². The Morgan fingerprint density at radius 2 is 0.903 bits per heavy atom. The van der Waals surface area contributed by atoms with Gasteiger partial charge in [0.1, 0.15) is 0 Å². The fraction of sp³-hybridized carbons (Fsp3) is 0.148. The molecule has 62 heavy (non-hydrogen) atoms. The van der Waals surface area contributed by atoms with E-state index >= 15 is 0 Å². The standard InChI is InChI=1S/C61H49N/c1-59(2)49-33-16-12-28-46(49)56-44(30-19-35-51(56)59)43-27-14-18-37-53(43)62(55-39-20-31-45-42-26-11-15-32-48(42)60(3,4)58(45)55)54-38-21-36-52-57(54)47-29-13-17-34-50(47)61(52,40-22-7-5-8-23-40)41-24-9-6-10-25-41/h5,7-9,11-39H,6,10H2,1-4H3. The molecule has 0 aliphatic heterocycles. The number of rotatable bonds is 6. The lowest BCUT2D eigenvalue weighted by atomic mass is 9.66. The number of hydrogen-bond donors (Lipinski definition) is 0. The Balaban J connectivity index is 1.20. The van der Waals surface area contributed by atoms with E-state index in [9.17, 15) is 0 Å². The van der Waals surface area contributed by atoms with E-state index in [-0.39, 0.29) is 10.8 Å². The van der Waals surface area contributed by atoms with Crippen molar-refractivity contribution in [2.24, 2.45) is 0 Å². The highest BCUT2D eigenvalue weighted by molar-refractivity contribution is 6.04. The topological polar surface area (TPSA) is 3.24 Å². The molecule has 0 spiro atoms. The lowest BCUT2D eigenvalue weighted by Crippen LogP contribution is -2.29. The maximum absolute atomic E-state index is 2.65. The van der Waals surface area contributed by atoms with Crippen LogP contribution in [0, 0.1) is 0 Å². The van der Waals surface area contributed by atoms with Crippen molar-refractivity contribution in [3.63, 3.8) is 0 Å². The first-order valence-electron chi connectivity index (χ1n) is 22.4. The van der Waals surface area contributed by atoms with E-state index in [1.54, 1.807) is 0 Å². The normalized spacial score (nSPS) is 17.9. The van der Waals surface area contributed by atoms with Gasteiger partial charge < -0.3 is 4.90 Å². The monoisotopic (exact) mass is 795 g/mol. The number of benzene rings is 8. The van der Waals surface area contributed by atoms with Crippen LogP contribution in [0.15, 0.2) is 206 Å². The Labute approximate surface area is 366 Å². The summed E-state index contributed by atoms with van der Waals surface area (Å²) in [6.07, 6.45) is 9.37. The van der Waals surface area contributed by atoms with Crippen LogP contribution in [0.1, 0.15) is 79.5 Å². The van der Waals surface area contributed by atoms with Crippen LogP contribution in [0.3, 0.4) is 0 Å². The highest BCUT2D eigenvalue weighted by Gasteiger charge is 2.49. The molecule has 0 fully saturated rings. The minimum atomic E-state index is -0.477. The van der Waals surface area contributed by atoms with E-state index in [2.05, 4.69) is 233 Å². The van der Waals surface area contributed by atoms with E-state index in [1.165, 1.54) is 106 Å². The fourth-order valence-corrected chi connectivity index (χ4v) is 12.1. The van der Waals surface area contributed by atoms with Gasteiger partial charge in [0.25, 0.3) is 0 Å². The largest absolute Gasteiger partial charge is 0.309 e. The summed E-state index contributed by atoms with van der Waals surface area (Å²) in [6, 6.07) is 68.9. The van der Waals surface area contributed by atoms with Crippen LogP contribution in [0.25, 0.3) is 44.5 Å². The summed E-state index contributed by atoms with van der Waals surface area (Å²) in [5.74, 6) is 0. The molecule has 1 unspecified atom stereocenters. The van der Waals surface area contributed by atoms with Gasteiger partial charge in [0.15, 0.2) is 0 Å². The van der Waals surface area contributed by atoms with Crippen LogP contribution in [0.5, 0.6) is 0 Å². The first kappa shape index (κ1) is 36.9. The summed E-state index contributed by atoms with van der Waals surface area (Å²) in [5.41, 5.74) is 23.9. The molecule has 12 rings (SSSR count). The molecule has 0 saturated carbocycles. The third-order valence-electron chi connectivity index (χ3n) is 14.8. The first-order valence-corrected chi connectivity index (χ1v) is 22.4. The van der Waals surface area contributed by atoms with Crippen molar-refractivity contribution in [1.82, 2.24) is 0 Å². The number of fused-ring (bicyclic) bond motifs is 9. The van der Waals surface area contributed by atoms with Crippen LogP contribution in [-0.2, 0) is 16.2 Å². The van der Waals surface area contributed by atoms with Crippen molar-refractivity contribution in [1.29, 1.82) is 0 Å². The predicted octanol–water partition coefficient (Wildman–Crippen LogP) is 16.0. The van der Waals surface area contributed by atoms with Gasteiger partial charge in [0.05, 0.1) is 22.5 Å². The number of para-hydroxylation sites is 1. The van der Waals surface area contributed by atoms with Crippen molar-refractivity contribution in [3.05, 3.63) is 245 Å². The van der Waals surface area contributed by atoms with Crippen molar-refractivity contribution in [2.45, 2.75) is 56.8 Å². The van der Waals surface area contributed by atoms with Crippen LogP contribution >= 0.6 is 0 Å². The van der Waals surface area contributed by atoms with Crippen LogP contribution in [-0.4, -0.2) is 0 Å². The molecule has 4 aliphatic carbocycles. The zero-order valence-electron chi connectivity index (χ0n) is 35.9. The molecule has 0 heterocycles. The number of nitrogens with zero attached hydrogens (tertiary/aromatic N) is 1. The molecule has 298 valence electrons. The Morgan fingerprint density at radius 3 is 1.66 bits per heavy atom. The Kier molecular flexibility index (Phi) is 8.04. The first-order chi connectivity index (χ1) is 30.3. The van der Waals surface area contributed by atoms with Gasteiger partial charge in [-0.2, -0.15) is 0 Å². The smallest absolute Gasteiger partial charge is 0.0711 e. The van der Waals surface area contributed by atoms with Gasteiger partial charge in [-0.3, -0.25) is 0 Å². The van der Waals surface area contributed by atoms with E-state index in [0.717, 1.165) is 12.8 Å². The average molecular weight is 796 g/mol. The third kappa shape index (κ3) is 4.91. The Morgan fingerprint density at radius 1 is 0.371 bits per heavy atom. The second kappa shape index (κ2) is 13.5. The van der Waals surface area contributed by atoms with Gasteiger partial charge in [-0.1, -0.05) is 210 Å². The van der Waals surface area contributed by atoms with E-state index in [0.29, 0.717) is 0 Å². The number of allylic oxidation sites excluding steroid dienone is 4. The number of hydrogen-bond acceptors (Lipinski definition) is 1. The van der Waals surface area contributed by atoms with E-state index < -0.39 is 5.41 Å². The zero-order valence-corrected chi connectivity index (χ0v) is 35.9. The Bertz CT molecular complexity index is 3190. The molecular formula is C61H49N. The van der Waals surface area contributed by atoms with Crippen LogP contribution in [0.4, 0.5) is 17.1 Å². The van der Waals surface area contributed by atoms with E-state index in [1.807, 2.05) is 0 Å². The molecule has 8 aromatic rings. The third-order valence-corrected chi connectivity index (χ3v) is 14.8. The molecule has 0 aromatic heterocycles. The van der Waals surface area contributed by atoms with Gasteiger partial charge in [-0.25, -0.2) is 0 Å². The van der Waals surface area contributed by atoms with Crippen molar-refractivity contribution in [3.8, 4) is 44.5 Å². The highest BCUT2D eigenvalue weighted by atomic mass is 15.2. The van der Waals surface area contributed by atoms with Crippen molar-refractivity contribution in [2.75, 3.05) is 4.90 Å². The summed E-state index contributed by atoms with van der Waals surface area (Å²) >= 11 is 0. The zero-order chi connectivity index (χ0) is 41.8. The molecule has 0 amide bonds. The quantitative estimate of drug-likeness (QED) is 0.162. The van der Waals surface area contributed by atoms with Gasteiger partial charge >= 0.3 is 0 Å². The highest BCUT2D eigenvalue weighted by Crippen LogP contribution is 2.63.